The molecule has 6 nitrogen and oxygen atoms in total. The highest BCUT2D eigenvalue weighted by Crippen LogP contribution is 2.17. The van der Waals surface area contributed by atoms with Crippen molar-refractivity contribution < 1.29 is 28.6 Å². The third-order valence-corrected chi connectivity index (χ3v) is 13.2. The molecule has 1 unspecified atom stereocenters. The normalized spacial score (nSPS) is 12.1. The molecule has 1 atom stereocenters. The number of carbonyl (C=O) groups excluding carboxylic acids is 3. The Labute approximate surface area is 411 Å². The van der Waals surface area contributed by atoms with Crippen molar-refractivity contribution in [2.45, 2.75) is 329 Å². The lowest BCUT2D eigenvalue weighted by Crippen LogP contribution is -2.30. The Kier molecular flexibility index (Phi) is 53.7. The van der Waals surface area contributed by atoms with Crippen LogP contribution in [-0.4, -0.2) is 37.2 Å². The van der Waals surface area contributed by atoms with Gasteiger partial charge >= 0.3 is 17.9 Å². The predicted octanol–water partition coefficient (Wildman–Crippen LogP) is 19.5. The van der Waals surface area contributed by atoms with E-state index in [2.05, 4.69) is 45.1 Å². The Hall–Kier alpha value is -2.11. The summed E-state index contributed by atoms with van der Waals surface area (Å²) in [5.74, 6) is -0.848. The fourth-order valence-electron chi connectivity index (χ4n) is 8.77. The van der Waals surface area contributed by atoms with E-state index in [-0.39, 0.29) is 31.1 Å². The average molecular weight is 930 g/mol. The molecule has 0 amide bonds. The van der Waals surface area contributed by atoms with Crippen LogP contribution < -0.4 is 0 Å². The van der Waals surface area contributed by atoms with Gasteiger partial charge in [0.15, 0.2) is 6.10 Å². The van der Waals surface area contributed by atoms with Crippen molar-refractivity contribution in [3.63, 3.8) is 0 Å². The van der Waals surface area contributed by atoms with Gasteiger partial charge < -0.3 is 14.2 Å². The standard InChI is InChI=1S/C60H112O6/c1-4-7-10-13-16-19-22-25-26-27-28-29-30-31-32-33-34-36-38-41-44-47-50-53-59(62)65-56-57(55-64-58(61)52-49-46-43-40-37-24-21-18-15-12-9-6-3)66-60(63)54-51-48-45-42-39-35-23-20-17-14-11-8-5-2/h22,25,27-28,57H,4-21,23-24,26,29-56H2,1-3H3/b25-22-,28-27-. The Morgan fingerprint density at radius 3 is 0.833 bits per heavy atom. The van der Waals surface area contributed by atoms with Gasteiger partial charge in [0.2, 0.25) is 0 Å². The zero-order valence-electron chi connectivity index (χ0n) is 44.5. The minimum absolute atomic E-state index is 0.0660. The van der Waals surface area contributed by atoms with E-state index in [1.54, 1.807) is 0 Å². The summed E-state index contributed by atoms with van der Waals surface area (Å²) in [4.78, 5) is 38.1. The molecule has 6 heteroatoms. The van der Waals surface area contributed by atoms with E-state index < -0.39 is 6.10 Å². The minimum atomic E-state index is -0.766. The van der Waals surface area contributed by atoms with Gasteiger partial charge in [-0.2, -0.15) is 0 Å². The molecule has 0 N–H and O–H groups in total. The van der Waals surface area contributed by atoms with E-state index in [1.165, 1.54) is 218 Å². The first-order valence-corrected chi connectivity index (χ1v) is 29.3. The van der Waals surface area contributed by atoms with Crippen LogP contribution in [0.15, 0.2) is 24.3 Å². The first kappa shape index (κ1) is 63.9. The molecule has 0 radical (unpaired) electrons. The van der Waals surface area contributed by atoms with Crippen LogP contribution in [0.25, 0.3) is 0 Å². The van der Waals surface area contributed by atoms with Crippen LogP contribution in [0.4, 0.5) is 0 Å². The molecule has 66 heavy (non-hydrogen) atoms. The number of unbranched alkanes of at least 4 members (excludes halogenated alkanes) is 39. The SMILES string of the molecule is CCCCCCC/C=C\C/C=C\CCCCCCCCCCCCCC(=O)OCC(COC(=O)CCCCCCCCCCCCCC)OC(=O)CCCCCCCCCCCCCCC. The molecular formula is C60H112O6. The number of rotatable bonds is 54. The summed E-state index contributed by atoms with van der Waals surface area (Å²) in [6.45, 7) is 6.67. The minimum Gasteiger partial charge on any atom is -0.462 e. The summed E-state index contributed by atoms with van der Waals surface area (Å²) in [7, 11) is 0. The van der Waals surface area contributed by atoms with Crippen molar-refractivity contribution in [2.24, 2.45) is 0 Å². The second kappa shape index (κ2) is 55.5. The fourth-order valence-corrected chi connectivity index (χ4v) is 8.77. The third-order valence-electron chi connectivity index (χ3n) is 13.2. The molecule has 0 aliphatic carbocycles. The lowest BCUT2D eigenvalue weighted by atomic mass is 10.0. The summed E-state index contributed by atoms with van der Waals surface area (Å²) in [6, 6.07) is 0. The average Bonchev–Trinajstić information content (AvgIpc) is 3.31. The van der Waals surface area contributed by atoms with Gasteiger partial charge in [0.1, 0.15) is 13.2 Å². The molecule has 0 rings (SSSR count). The van der Waals surface area contributed by atoms with Crippen LogP contribution >= 0.6 is 0 Å². The van der Waals surface area contributed by atoms with Gasteiger partial charge in [-0.05, 0) is 51.4 Å². The summed E-state index contributed by atoms with van der Waals surface area (Å²) >= 11 is 0. The number of esters is 3. The second-order valence-corrected chi connectivity index (χ2v) is 19.9. The first-order valence-electron chi connectivity index (χ1n) is 29.3. The van der Waals surface area contributed by atoms with Crippen LogP contribution in [0.3, 0.4) is 0 Å². The van der Waals surface area contributed by atoms with E-state index in [0.717, 1.165) is 64.2 Å². The Morgan fingerprint density at radius 1 is 0.303 bits per heavy atom. The molecule has 0 aromatic rings. The molecule has 0 aromatic heterocycles. The van der Waals surface area contributed by atoms with Gasteiger partial charge in [0, 0.05) is 19.3 Å². The van der Waals surface area contributed by atoms with Crippen LogP contribution in [0, 0.1) is 0 Å². The summed E-state index contributed by atoms with van der Waals surface area (Å²) in [5, 5.41) is 0. The van der Waals surface area contributed by atoms with Crippen LogP contribution in [0.2, 0.25) is 0 Å². The molecule has 0 bridgehead atoms. The molecule has 0 heterocycles. The zero-order valence-corrected chi connectivity index (χ0v) is 44.5. The van der Waals surface area contributed by atoms with Crippen LogP contribution in [0.1, 0.15) is 323 Å². The van der Waals surface area contributed by atoms with E-state index in [0.29, 0.717) is 19.3 Å². The highest BCUT2D eigenvalue weighted by atomic mass is 16.6. The summed E-state index contributed by atoms with van der Waals surface area (Å²) < 4.78 is 16.9. The molecule has 0 fully saturated rings. The number of ether oxygens (including phenoxy) is 3. The number of carbonyl (C=O) groups is 3. The number of hydrogen-bond donors (Lipinski definition) is 0. The first-order chi connectivity index (χ1) is 32.5. The van der Waals surface area contributed by atoms with Crippen molar-refractivity contribution in [1.82, 2.24) is 0 Å². The molecule has 0 aliphatic rings. The van der Waals surface area contributed by atoms with E-state index >= 15 is 0 Å². The topological polar surface area (TPSA) is 78.9 Å². The molecular weight excluding hydrogens is 817 g/mol. The van der Waals surface area contributed by atoms with Gasteiger partial charge in [-0.25, -0.2) is 0 Å². The molecule has 388 valence electrons. The maximum absolute atomic E-state index is 12.8. The van der Waals surface area contributed by atoms with Crippen molar-refractivity contribution in [3.8, 4) is 0 Å². The lowest BCUT2D eigenvalue weighted by Gasteiger charge is -2.18. The summed E-state index contributed by atoms with van der Waals surface area (Å²) in [5.41, 5.74) is 0. The van der Waals surface area contributed by atoms with Gasteiger partial charge in [0.25, 0.3) is 0 Å². The van der Waals surface area contributed by atoms with Crippen molar-refractivity contribution in [1.29, 1.82) is 0 Å². The van der Waals surface area contributed by atoms with Crippen LogP contribution in [0.5, 0.6) is 0 Å². The lowest BCUT2D eigenvalue weighted by molar-refractivity contribution is -0.167. The monoisotopic (exact) mass is 929 g/mol. The Morgan fingerprint density at radius 2 is 0.545 bits per heavy atom. The van der Waals surface area contributed by atoms with E-state index in [9.17, 15) is 14.4 Å². The smallest absolute Gasteiger partial charge is 0.306 e. The second-order valence-electron chi connectivity index (χ2n) is 19.9. The Balaban J connectivity index is 4.23. The van der Waals surface area contributed by atoms with Gasteiger partial charge in [-0.1, -0.05) is 276 Å². The van der Waals surface area contributed by atoms with Gasteiger partial charge in [-0.15, -0.1) is 0 Å². The molecule has 0 spiro atoms. The molecule has 0 aromatic carbocycles. The maximum atomic E-state index is 12.8. The predicted molar refractivity (Wildman–Crippen MR) is 284 cm³/mol. The molecule has 0 aliphatic heterocycles. The van der Waals surface area contributed by atoms with E-state index in [4.69, 9.17) is 14.2 Å². The van der Waals surface area contributed by atoms with Crippen molar-refractivity contribution in [3.05, 3.63) is 24.3 Å². The van der Waals surface area contributed by atoms with Crippen molar-refractivity contribution in [2.75, 3.05) is 13.2 Å². The Bertz CT molecular complexity index is 1070. The zero-order chi connectivity index (χ0) is 47.9. The number of allylic oxidation sites excluding steroid dienone is 4. The van der Waals surface area contributed by atoms with Crippen molar-refractivity contribution >= 4 is 17.9 Å². The third kappa shape index (κ3) is 52.9. The van der Waals surface area contributed by atoms with E-state index in [1.807, 2.05) is 0 Å². The summed E-state index contributed by atoms with van der Waals surface area (Å²) in [6.07, 6.45) is 64.6. The van der Waals surface area contributed by atoms with Gasteiger partial charge in [0.05, 0.1) is 0 Å². The quantitative estimate of drug-likeness (QED) is 0.0262. The highest BCUT2D eigenvalue weighted by Gasteiger charge is 2.19. The fraction of sp³-hybridized carbons (Fsp3) is 0.883. The number of hydrogen-bond acceptors (Lipinski definition) is 6. The van der Waals surface area contributed by atoms with Gasteiger partial charge in [-0.3, -0.25) is 14.4 Å². The largest absolute Gasteiger partial charge is 0.462 e. The van der Waals surface area contributed by atoms with Crippen LogP contribution in [-0.2, 0) is 28.6 Å². The highest BCUT2D eigenvalue weighted by molar-refractivity contribution is 5.71. The molecule has 0 saturated carbocycles. The maximum Gasteiger partial charge on any atom is 0.306 e. The molecule has 0 saturated heterocycles.